The van der Waals surface area contributed by atoms with Crippen molar-refractivity contribution < 1.29 is 119 Å². The van der Waals surface area contributed by atoms with Crippen LogP contribution in [-0.4, -0.2) is 267 Å². The van der Waals surface area contributed by atoms with Gasteiger partial charge in [-0.15, -0.1) is 0 Å². The first-order valence-electron chi connectivity index (χ1n) is 33.1. The molecular formula is C69H105NO25S2Si. The Morgan fingerprint density at radius 1 is 0.388 bits per heavy atom. The number of fused-ring (bicyclic) bond motifs is 3. The average Bonchev–Trinajstić information content (AvgIpc) is 1.56. The number of thioether (sulfide) groups is 2. The molecule has 1 aliphatic heterocycles. The molecule has 0 aromatic heterocycles. The van der Waals surface area contributed by atoms with Crippen LogP contribution in [0.15, 0.2) is 84.9 Å². The lowest BCUT2D eigenvalue weighted by Gasteiger charge is -2.31. The molecule has 4 aromatic carbocycles. The third-order valence-corrected chi connectivity index (χ3v) is 21.9. The van der Waals surface area contributed by atoms with E-state index in [9.17, 15) is 14.7 Å². The van der Waals surface area contributed by atoms with E-state index in [0.717, 1.165) is 77.0 Å². The van der Waals surface area contributed by atoms with E-state index in [-0.39, 0.29) is 106 Å². The van der Waals surface area contributed by atoms with Gasteiger partial charge in [0.05, 0.1) is 132 Å². The Bertz CT molecular complexity index is 2620. The van der Waals surface area contributed by atoms with Crippen LogP contribution < -0.4 is 20.4 Å². The number of carboxylic acids is 1. The van der Waals surface area contributed by atoms with Crippen molar-refractivity contribution in [1.29, 1.82) is 0 Å². The summed E-state index contributed by atoms with van der Waals surface area (Å²) in [5.41, 5.74) is 8.22. The molecule has 0 spiro atoms. The number of amides is 1. The molecule has 1 heterocycles. The van der Waals surface area contributed by atoms with Crippen LogP contribution in [0.3, 0.4) is 0 Å². The number of carbonyl (C=O) groups is 2. The molecule has 1 aliphatic rings. The molecule has 5 rings (SSSR count). The van der Waals surface area contributed by atoms with Gasteiger partial charge in [0, 0.05) is 38.7 Å². The summed E-state index contributed by atoms with van der Waals surface area (Å²) in [6.07, 6.45) is 2.39. The summed E-state index contributed by atoms with van der Waals surface area (Å²) < 4.78 is 113. The SMILES string of the molecule is COCCSCCC[Si]1(CCCSCCOCOCOCOCOCOCOCOCOCOCOC)c2cc(-c3ccc(CO)cc3)ccc2-c2ccc(-c3ccc(OCCOCCOCCOCCOCCC(=O)NCCOCCOCCOCCOCCC(=O)O)cc3)cc21. The van der Waals surface area contributed by atoms with Crippen molar-refractivity contribution in [2.24, 2.45) is 0 Å². The van der Waals surface area contributed by atoms with Gasteiger partial charge in [-0.2, -0.15) is 23.5 Å². The number of rotatable bonds is 68. The number of carboxylic acid groups (broad SMARTS) is 1. The number of benzene rings is 4. The standard InChI is InChI=1S/C69H105NO25S2Si/c1-75-37-41-96-39-3-43-98(44-4-40-97-42-38-85-49-87-51-89-53-91-55-93-57-94-56-92-54-90-52-88-50-86-48-76-2)66-45-61(59-7-5-58(47-71)6-8-59)11-15-64(66)65-16-12-62(46-67(65)98)60-9-13-63(14-10-60)95-36-35-84-34-33-83-32-30-80-26-23-77-20-17-68(72)70-19-22-79-25-28-82-31-29-81-27-24-78-21-18-69(73)74/h5-16,45-46,71H,3-4,17-44,47-57H2,1-2H3,(H,70,72)(H,73,74). The number of carbonyl (C=O) groups excluding carboxylic acids is 1. The minimum atomic E-state index is -2.37. The maximum absolute atomic E-state index is 12.1. The molecule has 0 bridgehead atoms. The highest BCUT2D eigenvalue weighted by Crippen LogP contribution is 2.39. The van der Waals surface area contributed by atoms with Crippen molar-refractivity contribution in [2.45, 2.75) is 44.4 Å². The highest BCUT2D eigenvalue weighted by atomic mass is 32.2. The van der Waals surface area contributed by atoms with Crippen LogP contribution in [0, 0.1) is 0 Å². The van der Waals surface area contributed by atoms with Gasteiger partial charge in [0.15, 0.2) is 54.3 Å². The van der Waals surface area contributed by atoms with Gasteiger partial charge in [0.25, 0.3) is 0 Å². The second-order valence-corrected chi connectivity index (χ2v) is 28.3. The minimum Gasteiger partial charge on any atom is -0.491 e. The van der Waals surface area contributed by atoms with Crippen molar-refractivity contribution in [3.63, 3.8) is 0 Å². The second-order valence-electron chi connectivity index (χ2n) is 21.6. The zero-order chi connectivity index (χ0) is 69.3. The van der Waals surface area contributed by atoms with Gasteiger partial charge >= 0.3 is 5.97 Å². The summed E-state index contributed by atoms with van der Waals surface area (Å²) in [6, 6.07) is 33.0. The van der Waals surface area contributed by atoms with Crippen molar-refractivity contribution in [1.82, 2.24) is 5.32 Å². The molecule has 1 unspecified atom stereocenters. The van der Waals surface area contributed by atoms with Crippen LogP contribution >= 0.6 is 23.5 Å². The molecule has 1 amide bonds. The number of nitrogens with one attached hydrogen (secondary N) is 1. The van der Waals surface area contributed by atoms with Crippen molar-refractivity contribution >= 4 is 53.8 Å². The predicted octanol–water partition coefficient (Wildman–Crippen LogP) is 6.83. The first kappa shape index (κ1) is 84.4. The smallest absolute Gasteiger partial charge is 0.305 e. The van der Waals surface area contributed by atoms with Crippen LogP contribution in [0.25, 0.3) is 33.4 Å². The van der Waals surface area contributed by atoms with Crippen LogP contribution in [0.4, 0.5) is 0 Å². The number of aliphatic hydroxyl groups is 1. The largest absolute Gasteiger partial charge is 0.491 e. The van der Waals surface area contributed by atoms with Gasteiger partial charge in [0.2, 0.25) is 5.91 Å². The molecule has 3 N–H and O–H groups in total. The summed E-state index contributed by atoms with van der Waals surface area (Å²) in [4.78, 5) is 22.5. The fraction of sp³-hybridized carbons (Fsp3) is 0.623. The van der Waals surface area contributed by atoms with E-state index in [2.05, 4.69) is 66.0 Å². The Labute approximate surface area is 586 Å². The maximum Gasteiger partial charge on any atom is 0.305 e. The first-order valence-corrected chi connectivity index (χ1v) is 37.8. The Hall–Kier alpha value is -4.30. The molecule has 0 saturated heterocycles. The van der Waals surface area contributed by atoms with Gasteiger partial charge < -0.3 is 115 Å². The van der Waals surface area contributed by atoms with Crippen LogP contribution in [0.1, 0.15) is 31.2 Å². The lowest BCUT2D eigenvalue weighted by Crippen LogP contribution is -2.55. The van der Waals surface area contributed by atoms with Crippen molar-refractivity contribution in [3.8, 4) is 39.1 Å². The average molecular weight is 1440 g/mol. The van der Waals surface area contributed by atoms with Gasteiger partial charge in [-0.1, -0.05) is 72.8 Å². The molecule has 4 aromatic rings. The molecule has 1 atom stereocenters. The molecule has 98 heavy (non-hydrogen) atoms. The van der Waals surface area contributed by atoms with E-state index in [1.54, 1.807) is 7.11 Å². The van der Waals surface area contributed by atoms with Crippen LogP contribution in [0.5, 0.6) is 5.75 Å². The number of aliphatic carboxylic acids is 1. The number of aliphatic hydroxyl groups excluding tert-OH is 1. The summed E-state index contributed by atoms with van der Waals surface area (Å²) in [6.45, 7) is 8.32. The van der Waals surface area contributed by atoms with Gasteiger partial charge in [-0.25, -0.2) is 0 Å². The van der Waals surface area contributed by atoms with Crippen molar-refractivity contribution in [3.05, 3.63) is 90.5 Å². The van der Waals surface area contributed by atoms with Crippen LogP contribution in [-0.2, 0) is 111 Å². The monoisotopic (exact) mass is 1440 g/mol. The maximum atomic E-state index is 12.1. The quantitative estimate of drug-likeness (QED) is 0.0232. The van der Waals surface area contributed by atoms with Gasteiger partial charge in [0.1, 0.15) is 34.0 Å². The summed E-state index contributed by atoms with van der Waals surface area (Å²) in [7, 11) is 0.916. The lowest BCUT2D eigenvalue weighted by molar-refractivity contribution is -0.231. The zero-order valence-corrected chi connectivity index (χ0v) is 59.8. The Morgan fingerprint density at radius 3 is 1.21 bits per heavy atom. The normalized spacial score (nSPS) is 13.3. The van der Waals surface area contributed by atoms with E-state index in [4.69, 9.17) is 105 Å². The van der Waals surface area contributed by atoms with E-state index in [1.807, 2.05) is 47.8 Å². The fourth-order valence-electron chi connectivity index (χ4n) is 9.88. The van der Waals surface area contributed by atoms with Gasteiger partial charge in [-0.05, 0) is 97.9 Å². The Kier molecular flexibility index (Phi) is 49.3. The number of hydrogen-bond acceptors (Lipinski definition) is 26. The highest BCUT2D eigenvalue weighted by molar-refractivity contribution is 7.99. The minimum absolute atomic E-state index is 0.00829. The third-order valence-electron chi connectivity index (χ3n) is 14.5. The highest BCUT2D eigenvalue weighted by Gasteiger charge is 2.45. The number of ether oxygens (including phenoxy) is 21. The fourth-order valence-corrected chi connectivity index (χ4v) is 17.5. The third kappa shape index (κ3) is 37.6. The summed E-state index contributed by atoms with van der Waals surface area (Å²) >= 11 is 3.87. The number of methoxy groups -OCH3 is 2. The molecule has 0 saturated carbocycles. The van der Waals surface area contributed by atoms with Gasteiger partial charge in [-0.3, -0.25) is 9.59 Å². The summed E-state index contributed by atoms with van der Waals surface area (Å²) in [5, 5.41) is 24.2. The van der Waals surface area contributed by atoms with Crippen LogP contribution in [0.2, 0.25) is 12.1 Å². The Morgan fingerprint density at radius 2 is 0.776 bits per heavy atom. The molecule has 26 nitrogen and oxygen atoms in total. The molecule has 0 aliphatic carbocycles. The van der Waals surface area contributed by atoms with Crippen molar-refractivity contribution in [2.75, 3.05) is 237 Å². The predicted molar refractivity (Wildman–Crippen MR) is 372 cm³/mol. The van der Waals surface area contributed by atoms with E-state index in [1.165, 1.54) is 39.7 Å². The Balaban J connectivity index is 0.962. The first-order chi connectivity index (χ1) is 48.4. The van der Waals surface area contributed by atoms with E-state index >= 15 is 0 Å². The molecular weight excluding hydrogens is 1330 g/mol. The lowest BCUT2D eigenvalue weighted by atomic mass is 9.98. The second kappa shape index (κ2) is 57.2. The molecule has 0 fully saturated rings. The summed E-state index contributed by atoms with van der Waals surface area (Å²) in [5.74, 6) is 3.64. The topological polar surface area (TPSA) is 280 Å². The molecule has 29 heteroatoms. The van der Waals surface area contributed by atoms with E-state index < -0.39 is 14.0 Å². The number of hydrogen-bond donors (Lipinski definition) is 3. The van der Waals surface area contributed by atoms with E-state index in [0.29, 0.717) is 112 Å². The zero-order valence-electron chi connectivity index (χ0n) is 57.2. The molecule has 0 radical (unpaired) electrons. The molecule has 552 valence electrons.